The van der Waals surface area contributed by atoms with Crippen LogP contribution in [0.4, 0.5) is 11.4 Å². The summed E-state index contributed by atoms with van der Waals surface area (Å²) in [6, 6.07) is 10.1. The molecule has 2 amide bonds. The Hall–Kier alpha value is -2.87. The van der Waals surface area contributed by atoms with Gasteiger partial charge < -0.3 is 4.74 Å². The van der Waals surface area contributed by atoms with Crippen molar-refractivity contribution in [3.05, 3.63) is 47.5 Å². The second-order valence-corrected chi connectivity index (χ2v) is 10.2. The Kier molecular flexibility index (Phi) is 6.93. The predicted molar refractivity (Wildman–Crippen MR) is 125 cm³/mol. The summed E-state index contributed by atoms with van der Waals surface area (Å²) in [5.41, 5.74) is 2.55. The van der Waals surface area contributed by atoms with Crippen molar-refractivity contribution in [2.24, 2.45) is 0 Å². The zero-order valence-electron chi connectivity index (χ0n) is 19.1. The summed E-state index contributed by atoms with van der Waals surface area (Å²) in [5.74, 6) is -0.345. The Balaban J connectivity index is 2.12. The lowest BCUT2D eigenvalue weighted by atomic mass is 9.93. The Labute approximate surface area is 189 Å². The number of carbonyl (C=O) groups excluding carboxylic acids is 2. The highest BCUT2D eigenvalue weighted by molar-refractivity contribution is 7.92. The van der Waals surface area contributed by atoms with Gasteiger partial charge in [-0.2, -0.15) is 0 Å². The lowest BCUT2D eigenvalue weighted by Gasteiger charge is -2.26. The van der Waals surface area contributed by atoms with Gasteiger partial charge in [0, 0.05) is 12.8 Å². The third-order valence-corrected chi connectivity index (χ3v) is 6.96. The minimum Gasteiger partial charge on any atom is -0.495 e. The van der Waals surface area contributed by atoms with Gasteiger partial charge in [0.1, 0.15) is 10.6 Å². The molecule has 1 aliphatic rings. The lowest BCUT2D eigenvalue weighted by Crippen LogP contribution is -2.40. The maximum atomic E-state index is 13.5. The molecule has 172 valence electrons. The molecule has 7 nitrogen and oxygen atoms in total. The van der Waals surface area contributed by atoms with E-state index in [-0.39, 0.29) is 52.8 Å². The SMILES string of the molecule is COc1ccc(N2C(=O)CCCC2=O)cc1S(=O)(=O)Nc1c(C(C)C)cccc1C(C)C. The van der Waals surface area contributed by atoms with Crippen molar-refractivity contribution >= 4 is 33.2 Å². The van der Waals surface area contributed by atoms with E-state index >= 15 is 0 Å². The number of rotatable bonds is 7. The third kappa shape index (κ3) is 4.65. The largest absolute Gasteiger partial charge is 0.495 e. The highest BCUT2D eigenvalue weighted by Gasteiger charge is 2.30. The number of amides is 2. The van der Waals surface area contributed by atoms with Crippen LogP contribution in [0.5, 0.6) is 5.75 Å². The molecule has 0 saturated carbocycles. The number of sulfonamides is 1. The second kappa shape index (κ2) is 9.32. The van der Waals surface area contributed by atoms with Crippen molar-refractivity contribution in [1.82, 2.24) is 0 Å². The van der Waals surface area contributed by atoms with Gasteiger partial charge >= 0.3 is 0 Å². The zero-order valence-corrected chi connectivity index (χ0v) is 20.0. The summed E-state index contributed by atoms with van der Waals surface area (Å²) >= 11 is 0. The van der Waals surface area contributed by atoms with Crippen molar-refractivity contribution in [2.75, 3.05) is 16.7 Å². The van der Waals surface area contributed by atoms with Gasteiger partial charge in [-0.05, 0) is 47.6 Å². The van der Waals surface area contributed by atoms with Crippen LogP contribution in [0.3, 0.4) is 0 Å². The molecule has 0 bridgehead atoms. The first-order valence-corrected chi connectivity index (χ1v) is 12.2. The fraction of sp³-hybridized carbons (Fsp3) is 0.417. The highest BCUT2D eigenvalue weighted by atomic mass is 32.2. The van der Waals surface area contributed by atoms with Gasteiger partial charge in [-0.3, -0.25) is 19.2 Å². The molecule has 1 N–H and O–H groups in total. The average Bonchev–Trinajstić information content (AvgIpc) is 2.73. The molecule has 0 spiro atoms. The molecule has 0 atom stereocenters. The fourth-order valence-corrected chi connectivity index (χ4v) is 5.22. The van der Waals surface area contributed by atoms with Crippen molar-refractivity contribution < 1.29 is 22.7 Å². The first kappa shape index (κ1) is 23.8. The molecule has 2 aromatic carbocycles. The number of carbonyl (C=O) groups is 2. The van der Waals surface area contributed by atoms with Gasteiger partial charge in [0.2, 0.25) is 11.8 Å². The summed E-state index contributed by atoms with van der Waals surface area (Å²) in [6.45, 7) is 8.02. The Morgan fingerprint density at radius 3 is 2.00 bits per heavy atom. The number of hydrogen-bond donors (Lipinski definition) is 1. The smallest absolute Gasteiger partial charge is 0.265 e. The van der Waals surface area contributed by atoms with Crippen LogP contribution in [0.25, 0.3) is 0 Å². The quantitative estimate of drug-likeness (QED) is 0.603. The number of hydrogen-bond acceptors (Lipinski definition) is 5. The minimum absolute atomic E-state index is 0.100. The average molecular weight is 459 g/mol. The van der Waals surface area contributed by atoms with Crippen LogP contribution < -0.4 is 14.4 Å². The lowest BCUT2D eigenvalue weighted by molar-refractivity contribution is -0.129. The van der Waals surface area contributed by atoms with Gasteiger partial charge in [-0.15, -0.1) is 0 Å². The standard InChI is InChI=1S/C24H30N2O5S/c1-15(2)18-8-6-9-19(16(3)4)24(18)25-32(29,30)21-14-17(12-13-20(21)31-5)26-22(27)10-7-11-23(26)28/h6,8-9,12-16,25H,7,10-11H2,1-5H3. The summed E-state index contributed by atoms with van der Waals surface area (Å²) in [4.78, 5) is 25.7. The summed E-state index contributed by atoms with van der Waals surface area (Å²) in [7, 11) is -2.71. The van der Waals surface area contributed by atoms with Gasteiger partial charge in [0.05, 0.1) is 18.5 Å². The van der Waals surface area contributed by atoms with Gasteiger partial charge in [0.25, 0.3) is 10.0 Å². The van der Waals surface area contributed by atoms with Crippen LogP contribution in [0.2, 0.25) is 0 Å². The number of nitrogens with zero attached hydrogens (tertiary/aromatic N) is 1. The van der Waals surface area contributed by atoms with E-state index in [1.165, 1.54) is 25.3 Å². The van der Waals surface area contributed by atoms with E-state index in [9.17, 15) is 18.0 Å². The molecule has 1 heterocycles. The van der Waals surface area contributed by atoms with Crippen LogP contribution in [0.15, 0.2) is 41.3 Å². The number of imide groups is 1. The van der Waals surface area contributed by atoms with E-state index in [4.69, 9.17) is 4.74 Å². The predicted octanol–water partition coefficient (Wildman–Crippen LogP) is 4.79. The van der Waals surface area contributed by atoms with Crippen molar-refractivity contribution in [3.63, 3.8) is 0 Å². The maximum Gasteiger partial charge on any atom is 0.265 e. The van der Waals surface area contributed by atoms with Gasteiger partial charge in [-0.1, -0.05) is 45.9 Å². The van der Waals surface area contributed by atoms with Crippen LogP contribution >= 0.6 is 0 Å². The van der Waals surface area contributed by atoms with E-state index in [0.29, 0.717) is 12.1 Å². The molecule has 1 aliphatic heterocycles. The summed E-state index contributed by atoms with van der Waals surface area (Å²) in [6.07, 6.45) is 0.996. The van der Waals surface area contributed by atoms with E-state index in [1.54, 1.807) is 0 Å². The van der Waals surface area contributed by atoms with Crippen LogP contribution in [-0.4, -0.2) is 27.3 Å². The molecule has 32 heavy (non-hydrogen) atoms. The van der Waals surface area contributed by atoms with Crippen LogP contribution in [0, 0.1) is 0 Å². The molecule has 0 aliphatic carbocycles. The number of anilines is 2. The molecule has 1 fully saturated rings. The molecular formula is C24H30N2O5S. The van der Waals surface area contributed by atoms with E-state index in [2.05, 4.69) is 4.72 Å². The number of nitrogens with one attached hydrogen (secondary N) is 1. The van der Waals surface area contributed by atoms with Crippen molar-refractivity contribution in [2.45, 2.75) is 63.7 Å². The van der Waals surface area contributed by atoms with Crippen molar-refractivity contribution in [3.8, 4) is 5.75 Å². The fourth-order valence-electron chi connectivity index (χ4n) is 3.91. The molecule has 1 saturated heterocycles. The van der Waals surface area contributed by atoms with E-state index < -0.39 is 10.0 Å². The molecule has 8 heteroatoms. The highest BCUT2D eigenvalue weighted by Crippen LogP contribution is 2.36. The number of para-hydroxylation sites is 1. The van der Waals surface area contributed by atoms with Gasteiger partial charge in [0.15, 0.2) is 0 Å². The number of ether oxygens (including phenoxy) is 1. The second-order valence-electron chi connectivity index (χ2n) is 8.54. The Morgan fingerprint density at radius 2 is 1.50 bits per heavy atom. The van der Waals surface area contributed by atoms with Crippen LogP contribution in [-0.2, 0) is 19.6 Å². The first-order chi connectivity index (χ1) is 15.1. The number of piperidine rings is 1. The molecule has 0 radical (unpaired) electrons. The summed E-state index contributed by atoms with van der Waals surface area (Å²) < 4.78 is 35.2. The maximum absolute atomic E-state index is 13.5. The molecule has 0 unspecified atom stereocenters. The van der Waals surface area contributed by atoms with Crippen molar-refractivity contribution in [1.29, 1.82) is 0 Å². The minimum atomic E-state index is -4.09. The Bertz CT molecular complexity index is 1100. The molecule has 3 rings (SSSR count). The van der Waals surface area contributed by atoms with E-state index in [1.807, 2.05) is 45.9 Å². The number of benzene rings is 2. The number of methoxy groups -OCH3 is 1. The van der Waals surface area contributed by atoms with Crippen LogP contribution in [0.1, 0.15) is 69.9 Å². The summed E-state index contributed by atoms with van der Waals surface area (Å²) in [5, 5.41) is 0. The Morgan fingerprint density at radius 1 is 0.938 bits per heavy atom. The zero-order chi connectivity index (χ0) is 23.6. The third-order valence-electron chi connectivity index (χ3n) is 5.58. The molecule has 2 aromatic rings. The monoisotopic (exact) mass is 458 g/mol. The van der Waals surface area contributed by atoms with E-state index in [0.717, 1.165) is 16.0 Å². The van der Waals surface area contributed by atoms with Gasteiger partial charge in [-0.25, -0.2) is 8.42 Å². The normalized spacial score (nSPS) is 14.9. The molecular weight excluding hydrogens is 428 g/mol. The molecule has 0 aromatic heterocycles. The topological polar surface area (TPSA) is 92.8 Å². The first-order valence-electron chi connectivity index (χ1n) is 10.8.